The zero-order valence-corrected chi connectivity index (χ0v) is 7.73. The first-order chi connectivity index (χ1) is 6.25. The van der Waals surface area contributed by atoms with Crippen molar-refractivity contribution in [2.75, 3.05) is 6.54 Å². The molecular weight excluding hydrogens is 168 g/mol. The van der Waals surface area contributed by atoms with Gasteiger partial charge in [0.2, 0.25) is 0 Å². The molecule has 0 spiro atoms. The predicted molar refractivity (Wildman–Crippen MR) is 48.2 cm³/mol. The minimum Gasteiger partial charge on any atom is -0.330 e. The van der Waals surface area contributed by atoms with Gasteiger partial charge < -0.3 is 5.73 Å². The van der Waals surface area contributed by atoms with Gasteiger partial charge in [-0.15, -0.1) is 5.10 Å². The number of Topliss-reactive ketones (excluding diaryl/α,β-unsaturated/α-hetero) is 1. The van der Waals surface area contributed by atoms with E-state index in [0.717, 1.165) is 12.8 Å². The Morgan fingerprint density at radius 2 is 2.38 bits per heavy atom. The van der Waals surface area contributed by atoms with Crippen molar-refractivity contribution in [3.05, 3.63) is 11.9 Å². The van der Waals surface area contributed by atoms with Gasteiger partial charge in [0.05, 0.1) is 6.20 Å². The fourth-order valence-corrected chi connectivity index (χ4v) is 1.10. The lowest BCUT2D eigenvalue weighted by atomic mass is 10.1. The summed E-state index contributed by atoms with van der Waals surface area (Å²) in [4.78, 5) is 11.5. The Hall–Kier alpha value is -1.23. The monoisotopic (exact) mass is 182 g/mol. The van der Waals surface area contributed by atoms with Gasteiger partial charge in [-0.2, -0.15) is 0 Å². The summed E-state index contributed by atoms with van der Waals surface area (Å²) in [6, 6.07) is 0. The largest absolute Gasteiger partial charge is 0.330 e. The maximum absolute atomic E-state index is 11.5. The van der Waals surface area contributed by atoms with E-state index in [0.29, 0.717) is 18.7 Å². The summed E-state index contributed by atoms with van der Waals surface area (Å²) < 4.78 is 1.49. The highest BCUT2D eigenvalue weighted by Crippen LogP contribution is 2.03. The molecule has 0 aliphatic heterocycles. The van der Waals surface area contributed by atoms with Crippen molar-refractivity contribution < 1.29 is 4.79 Å². The summed E-state index contributed by atoms with van der Waals surface area (Å²) in [5.74, 6) is 0.0842. The number of unbranched alkanes of at least 4 members (excludes halogenated alkanes) is 1. The average Bonchev–Trinajstić information content (AvgIpc) is 2.52. The molecule has 13 heavy (non-hydrogen) atoms. The SMILES string of the molecule is Cn1nncc1C(=O)CCCCN. The van der Waals surface area contributed by atoms with Crippen LogP contribution in [0, 0.1) is 0 Å². The van der Waals surface area contributed by atoms with Crippen LogP contribution in [0.5, 0.6) is 0 Å². The van der Waals surface area contributed by atoms with Crippen LogP contribution >= 0.6 is 0 Å². The van der Waals surface area contributed by atoms with Gasteiger partial charge in [-0.3, -0.25) is 4.79 Å². The van der Waals surface area contributed by atoms with Gasteiger partial charge in [0, 0.05) is 13.5 Å². The molecule has 0 radical (unpaired) electrons. The van der Waals surface area contributed by atoms with E-state index in [4.69, 9.17) is 5.73 Å². The number of nitrogens with zero attached hydrogens (tertiary/aromatic N) is 3. The minimum atomic E-state index is 0.0842. The van der Waals surface area contributed by atoms with Crippen molar-refractivity contribution >= 4 is 5.78 Å². The highest BCUT2D eigenvalue weighted by molar-refractivity contribution is 5.94. The van der Waals surface area contributed by atoms with Crippen LogP contribution in [-0.2, 0) is 7.05 Å². The standard InChI is InChI=1S/C8H14N4O/c1-12-7(6-10-11-12)8(13)4-2-3-5-9/h6H,2-5,9H2,1H3. The molecule has 72 valence electrons. The van der Waals surface area contributed by atoms with E-state index in [1.165, 1.54) is 10.9 Å². The first kappa shape index (κ1) is 9.85. The van der Waals surface area contributed by atoms with Gasteiger partial charge in [0.1, 0.15) is 5.69 Å². The van der Waals surface area contributed by atoms with Gasteiger partial charge in [0.15, 0.2) is 5.78 Å². The second kappa shape index (κ2) is 4.71. The van der Waals surface area contributed by atoms with Crippen molar-refractivity contribution in [3.8, 4) is 0 Å². The van der Waals surface area contributed by atoms with Gasteiger partial charge in [-0.25, -0.2) is 4.68 Å². The molecule has 5 nitrogen and oxygen atoms in total. The third-order valence-corrected chi connectivity index (χ3v) is 1.86. The zero-order valence-electron chi connectivity index (χ0n) is 7.73. The molecule has 0 aromatic carbocycles. The van der Waals surface area contributed by atoms with E-state index in [1.807, 2.05) is 0 Å². The Bertz CT molecular complexity index is 281. The fraction of sp³-hybridized carbons (Fsp3) is 0.625. The lowest BCUT2D eigenvalue weighted by molar-refractivity contribution is 0.0970. The summed E-state index contributed by atoms with van der Waals surface area (Å²) in [5.41, 5.74) is 5.89. The van der Waals surface area contributed by atoms with Crippen molar-refractivity contribution in [2.24, 2.45) is 12.8 Å². The quantitative estimate of drug-likeness (QED) is 0.518. The van der Waals surface area contributed by atoms with Crippen LogP contribution in [0.25, 0.3) is 0 Å². The number of carbonyl (C=O) groups is 1. The molecule has 1 rings (SSSR count). The van der Waals surface area contributed by atoms with Crippen LogP contribution < -0.4 is 5.73 Å². The van der Waals surface area contributed by atoms with Gasteiger partial charge in [0.25, 0.3) is 0 Å². The highest BCUT2D eigenvalue weighted by Gasteiger charge is 2.09. The first-order valence-corrected chi connectivity index (χ1v) is 4.33. The van der Waals surface area contributed by atoms with Gasteiger partial charge >= 0.3 is 0 Å². The Labute approximate surface area is 76.9 Å². The molecular formula is C8H14N4O. The minimum absolute atomic E-state index is 0.0842. The van der Waals surface area contributed by atoms with E-state index < -0.39 is 0 Å². The molecule has 0 atom stereocenters. The molecule has 0 saturated carbocycles. The van der Waals surface area contributed by atoms with E-state index in [-0.39, 0.29) is 5.78 Å². The third-order valence-electron chi connectivity index (χ3n) is 1.86. The lowest BCUT2D eigenvalue weighted by Gasteiger charge is -1.98. The Balaban J connectivity index is 2.45. The molecule has 1 aromatic heterocycles. The van der Waals surface area contributed by atoms with Crippen LogP contribution in [0.15, 0.2) is 6.20 Å². The van der Waals surface area contributed by atoms with E-state index in [9.17, 15) is 4.79 Å². The number of ketones is 1. The lowest BCUT2D eigenvalue weighted by Crippen LogP contribution is -2.07. The highest BCUT2D eigenvalue weighted by atomic mass is 16.1. The molecule has 1 aromatic rings. The Kier molecular flexibility index (Phi) is 3.57. The van der Waals surface area contributed by atoms with Gasteiger partial charge in [-0.1, -0.05) is 5.21 Å². The number of hydrogen-bond acceptors (Lipinski definition) is 4. The Morgan fingerprint density at radius 3 is 2.92 bits per heavy atom. The molecule has 0 aliphatic rings. The van der Waals surface area contributed by atoms with Crippen molar-refractivity contribution in [1.82, 2.24) is 15.0 Å². The second-order valence-electron chi connectivity index (χ2n) is 2.91. The van der Waals surface area contributed by atoms with Crippen LogP contribution in [0.1, 0.15) is 29.8 Å². The molecule has 1 heterocycles. The van der Waals surface area contributed by atoms with Crippen LogP contribution in [-0.4, -0.2) is 27.3 Å². The van der Waals surface area contributed by atoms with Crippen LogP contribution in [0.4, 0.5) is 0 Å². The molecule has 2 N–H and O–H groups in total. The first-order valence-electron chi connectivity index (χ1n) is 4.33. The second-order valence-corrected chi connectivity index (χ2v) is 2.91. The number of nitrogens with two attached hydrogens (primary N) is 1. The van der Waals surface area contributed by atoms with Crippen LogP contribution in [0.3, 0.4) is 0 Å². The maximum atomic E-state index is 11.5. The van der Waals surface area contributed by atoms with Gasteiger partial charge in [-0.05, 0) is 19.4 Å². The number of aryl methyl sites for hydroxylation is 1. The summed E-state index contributed by atoms with van der Waals surface area (Å²) in [6.45, 7) is 0.636. The number of carbonyl (C=O) groups excluding carboxylic acids is 1. The number of aromatic nitrogens is 3. The smallest absolute Gasteiger partial charge is 0.182 e. The molecule has 0 amide bonds. The number of rotatable bonds is 5. The van der Waals surface area contributed by atoms with Crippen LogP contribution in [0.2, 0.25) is 0 Å². The maximum Gasteiger partial charge on any atom is 0.182 e. The number of hydrogen-bond donors (Lipinski definition) is 1. The van der Waals surface area contributed by atoms with Crippen molar-refractivity contribution in [2.45, 2.75) is 19.3 Å². The molecule has 5 heteroatoms. The fourth-order valence-electron chi connectivity index (χ4n) is 1.10. The average molecular weight is 182 g/mol. The van der Waals surface area contributed by atoms with Crippen molar-refractivity contribution in [3.63, 3.8) is 0 Å². The molecule has 0 fully saturated rings. The van der Waals surface area contributed by atoms with E-state index in [1.54, 1.807) is 7.05 Å². The zero-order chi connectivity index (χ0) is 9.68. The Morgan fingerprint density at radius 1 is 1.62 bits per heavy atom. The molecule has 0 bridgehead atoms. The normalized spacial score (nSPS) is 10.3. The van der Waals surface area contributed by atoms with E-state index in [2.05, 4.69) is 10.3 Å². The van der Waals surface area contributed by atoms with Crippen molar-refractivity contribution in [1.29, 1.82) is 0 Å². The summed E-state index contributed by atoms with van der Waals surface area (Å²) in [6.07, 6.45) is 3.74. The summed E-state index contributed by atoms with van der Waals surface area (Å²) >= 11 is 0. The third kappa shape index (κ3) is 2.62. The summed E-state index contributed by atoms with van der Waals surface area (Å²) in [7, 11) is 1.71. The van der Waals surface area contributed by atoms with E-state index >= 15 is 0 Å². The molecule has 0 saturated heterocycles. The summed E-state index contributed by atoms with van der Waals surface area (Å²) in [5, 5.41) is 7.33. The molecule has 0 unspecified atom stereocenters. The predicted octanol–water partition coefficient (Wildman–Crippen LogP) is 0.127. The molecule has 0 aliphatic carbocycles. The topological polar surface area (TPSA) is 73.8 Å².